The molecule has 0 aromatic carbocycles. The lowest BCUT2D eigenvalue weighted by Gasteiger charge is -1.95. The number of amides is 1. The van der Waals surface area contributed by atoms with Crippen LogP contribution in [-0.4, -0.2) is 17.0 Å². The van der Waals surface area contributed by atoms with E-state index < -0.39 is 11.9 Å². The maximum atomic E-state index is 10.9. The number of hydrogen-bond acceptors (Lipinski definition) is 3. The highest BCUT2D eigenvalue weighted by Gasteiger charge is 2.18. The lowest BCUT2D eigenvalue weighted by atomic mass is 10.1. The van der Waals surface area contributed by atoms with Crippen LogP contribution in [0.1, 0.15) is 19.8 Å². The van der Waals surface area contributed by atoms with Gasteiger partial charge in [0.25, 0.3) is 5.91 Å². The van der Waals surface area contributed by atoms with E-state index >= 15 is 0 Å². The Bertz CT molecular complexity index is 291. The highest BCUT2D eigenvalue weighted by molar-refractivity contribution is 5.96. The molecule has 0 fully saturated rings. The monoisotopic (exact) mass is 168 g/mol. The van der Waals surface area contributed by atoms with Crippen molar-refractivity contribution < 1.29 is 14.7 Å². The normalized spacial score (nSPS) is 15.9. The second kappa shape index (κ2) is 3.25. The zero-order chi connectivity index (χ0) is 9.14. The molecule has 0 radical (unpaired) electrons. The molecule has 1 heterocycles. The third-order valence-electron chi connectivity index (χ3n) is 1.57. The van der Waals surface area contributed by atoms with Gasteiger partial charge in [-0.1, -0.05) is 0 Å². The molecule has 0 atom stereocenters. The highest BCUT2D eigenvalue weighted by atomic mass is 16.4. The van der Waals surface area contributed by atoms with Crippen LogP contribution in [-0.2, 0) is 9.59 Å². The van der Waals surface area contributed by atoms with Crippen LogP contribution in [0, 0.1) is 0 Å². The number of aliphatic carboxylic acids is 1. The molecule has 0 saturated carbocycles. The molecule has 0 aromatic heterocycles. The van der Waals surface area contributed by atoms with Gasteiger partial charge in [-0.3, -0.25) is 9.59 Å². The molecule has 1 aliphatic rings. The van der Waals surface area contributed by atoms with Gasteiger partial charge < -0.3 is 5.11 Å². The smallest absolute Gasteiger partial charge is 0.303 e. The number of hydrogen-bond donors (Lipinski definition) is 1. The number of azo groups is 1. The molecule has 64 valence electrons. The molecule has 1 rings (SSSR count). The number of carbonyl (C=O) groups excluding carboxylic acids is 1. The Labute approximate surface area is 68.8 Å². The van der Waals surface area contributed by atoms with Crippen molar-refractivity contribution in [3.05, 3.63) is 11.3 Å². The van der Waals surface area contributed by atoms with E-state index in [1.807, 2.05) is 0 Å². The average molecular weight is 168 g/mol. The summed E-state index contributed by atoms with van der Waals surface area (Å²) in [5.74, 6) is -1.33. The first-order chi connectivity index (χ1) is 5.61. The van der Waals surface area contributed by atoms with E-state index in [0.29, 0.717) is 11.3 Å². The first-order valence-corrected chi connectivity index (χ1v) is 3.49. The Kier molecular flexibility index (Phi) is 2.32. The molecule has 0 aromatic rings. The Morgan fingerprint density at radius 3 is 2.58 bits per heavy atom. The molecular weight excluding hydrogens is 160 g/mol. The maximum absolute atomic E-state index is 10.9. The lowest BCUT2D eigenvalue weighted by molar-refractivity contribution is -0.136. The van der Waals surface area contributed by atoms with Crippen LogP contribution in [0.5, 0.6) is 0 Å². The topological polar surface area (TPSA) is 79.1 Å². The van der Waals surface area contributed by atoms with Gasteiger partial charge in [-0.25, -0.2) is 0 Å². The summed E-state index contributed by atoms with van der Waals surface area (Å²) >= 11 is 0. The fraction of sp³-hybridized carbons (Fsp3) is 0.429. The van der Waals surface area contributed by atoms with E-state index in [-0.39, 0.29) is 12.8 Å². The molecule has 0 unspecified atom stereocenters. The molecule has 1 aliphatic heterocycles. The van der Waals surface area contributed by atoms with E-state index in [1.165, 1.54) is 0 Å². The van der Waals surface area contributed by atoms with Gasteiger partial charge in [0.2, 0.25) is 0 Å². The summed E-state index contributed by atoms with van der Waals surface area (Å²) in [7, 11) is 0. The second-order valence-electron chi connectivity index (χ2n) is 2.46. The number of nitrogens with zero attached hydrogens (tertiary/aromatic N) is 2. The summed E-state index contributed by atoms with van der Waals surface area (Å²) in [4.78, 5) is 21.1. The highest BCUT2D eigenvalue weighted by Crippen LogP contribution is 2.20. The summed E-state index contributed by atoms with van der Waals surface area (Å²) in [5, 5.41) is 15.2. The predicted octanol–water partition coefficient (Wildman–Crippen LogP) is 1.12. The van der Waals surface area contributed by atoms with Gasteiger partial charge in [0.05, 0.1) is 5.70 Å². The Morgan fingerprint density at radius 1 is 1.50 bits per heavy atom. The van der Waals surface area contributed by atoms with Crippen LogP contribution in [0.25, 0.3) is 0 Å². The summed E-state index contributed by atoms with van der Waals surface area (Å²) in [6.45, 7) is 1.64. The SMILES string of the molecule is CC1=C(CCC(=O)O)C(=O)N=N1. The minimum absolute atomic E-state index is 0.0521. The average Bonchev–Trinajstić information content (AvgIpc) is 2.28. The first-order valence-electron chi connectivity index (χ1n) is 3.49. The maximum Gasteiger partial charge on any atom is 0.303 e. The number of carboxylic acid groups (broad SMARTS) is 1. The third kappa shape index (κ3) is 1.75. The Hall–Kier alpha value is -1.52. The fourth-order valence-corrected chi connectivity index (χ4v) is 0.916. The Morgan fingerprint density at radius 2 is 2.17 bits per heavy atom. The van der Waals surface area contributed by atoms with E-state index in [2.05, 4.69) is 10.2 Å². The molecule has 5 nitrogen and oxygen atoms in total. The molecule has 0 aliphatic carbocycles. The zero-order valence-electron chi connectivity index (χ0n) is 6.57. The van der Waals surface area contributed by atoms with Crippen LogP contribution < -0.4 is 0 Å². The molecule has 0 spiro atoms. The summed E-state index contributed by atoms with van der Waals surface area (Å²) in [6.07, 6.45) is 0.163. The van der Waals surface area contributed by atoms with Gasteiger partial charge in [-0.2, -0.15) is 5.11 Å². The standard InChI is InChI=1S/C7H8N2O3/c1-4-5(2-3-6(10)11)7(12)9-8-4/h2-3H2,1H3,(H,10,11). The van der Waals surface area contributed by atoms with Crippen LogP contribution in [0.15, 0.2) is 21.5 Å². The summed E-state index contributed by atoms with van der Waals surface area (Å²) in [5.41, 5.74) is 0.943. The zero-order valence-corrected chi connectivity index (χ0v) is 6.57. The van der Waals surface area contributed by atoms with Crippen molar-refractivity contribution in [2.45, 2.75) is 19.8 Å². The quantitative estimate of drug-likeness (QED) is 0.685. The third-order valence-corrected chi connectivity index (χ3v) is 1.57. The number of allylic oxidation sites excluding steroid dienone is 1. The van der Waals surface area contributed by atoms with E-state index in [0.717, 1.165) is 0 Å². The van der Waals surface area contributed by atoms with Gasteiger partial charge in [-0.15, -0.1) is 5.11 Å². The molecule has 0 saturated heterocycles. The van der Waals surface area contributed by atoms with Crippen molar-refractivity contribution in [3.8, 4) is 0 Å². The van der Waals surface area contributed by atoms with Crippen LogP contribution in [0.2, 0.25) is 0 Å². The fourth-order valence-electron chi connectivity index (χ4n) is 0.916. The number of carbonyl (C=O) groups is 2. The minimum atomic E-state index is -0.921. The lowest BCUT2D eigenvalue weighted by Crippen LogP contribution is -2.01. The van der Waals surface area contributed by atoms with E-state index in [1.54, 1.807) is 6.92 Å². The number of rotatable bonds is 3. The second-order valence-corrected chi connectivity index (χ2v) is 2.46. The van der Waals surface area contributed by atoms with Gasteiger partial charge in [0, 0.05) is 12.0 Å². The summed E-state index contributed by atoms with van der Waals surface area (Å²) < 4.78 is 0. The van der Waals surface area contributed by atoms with Crippen molar-refractivity contribution in [1.82, 2.24) is 0 Å². The molecule has 1 N–H and O–H groups in total. The van der Waals surface area contributed by atoms with Crippen molar-refractivity contribution in [2.75, 3.05) is 0 Å². The predicted molar refractivity (Wildman–Crippen MR) is 39.4 cm³/mol. The molecule has 12 heavy (non-hydrogen) atoms. The van der Waals surface area contributed by atoms with Gasteiger partial charge in [0.1, 0.15) is 0 Å². The first kappa shape index (κ1) is 8.58. The van der Waals surface area contributed by atoms with Crippen molar-refractivity contribution >= 4 is 11.9 Å². The van der Waals surface area contributed by atoms with Gasteiger partial charge in [-0.05, 0) is 13.3 Å². The molecule has 1 amide bonds. The van der Waals surface area contributed by atoms with Crippen molar-refractivity contribution in [1.29, 1.82) is 0 Å². The number of carboxylic acids is 1. The largest absolute Gasteiger partial charge is 0.481 e. The van der Waals surface area contributed by atoms with Crippen LogP contribution in [0.4, 0.5) is 0 Å². The van der Waals surface area contributed by atoms with Crippen molar-refractivity contribution in [2.24, 2.45) is 10.2 Å². The molecular formula is C7H8N2O3. The Balaban J connectivity index is 2.59. The van der Waals surface area contributed by atoms with Crippen molar-refractivity contribution in [3.63, 3.8) is 0 Å². The van der Waals surface area contributed by atoms with E-state index in [9.17, 15) is 9.59 Å². The molecule has 5 heteroatoms. The summed E-state index contributed by atoms with van der Waals surface area (Å²) in [6, 6.07) is 0. The molecule has 0 bridgehead atoms. The van der Waals surface area contributed by atoms with E-state index in [4.69, 9.17) is 5.11 Å². The van der Waals surface area contributed by atoms with Crippen LogP contribution >= 0.6 is 0 Å². The van der Waals surface area contributed by atoms with Crippen LogP contribution in [0.3, 0.4) is 0 Å². The minimum Gasteiger partial charge on any atom is -0.481 e. The van der Waals surface area contributed by atoms with Gasteiger partial charge >= 0.3 is 5.97 Å². The van der Waals surface area contributed by atoms with Gasteiger partial charge in [0.15, 0.2) is 0 Å².